The second-order valence-electron chi connectivity index (χ2n) is 7.33. The highest BCUT2D eigenvalue weighted by molar-refractivity contribution is 5.78. The summed E-state index contributed by atoms with van der Waals surface area (Å²) in [5.41, 5.74) is 5.10. The molecule has 1 aliphatic heterocycles. The number of aryl methyl sites for hydroxylation is 1. The van der Waals surface area contributed by atoms with Crippen LogP contribution in [0.2, 0.25) is 0 Å². The number of piperazine rings is 1. The molecular weight excluding hydrogens is 350 g/mol. The maximum absolute atomic E-state index is 12.5. The molecule has 2 aromatic rings. The number of carbonyl (C=O) groups is 1. The van der Waals surface area contributed by atoms with E-state index in [1.165, 1.54) is 16.8 Å². The van der Waals surface area contributed by atoms with Gasteiger partial charge < -0.3 is 19.9 Å². The van der Waals surface area contributed by atoms with E-state index in [0.29, 0.717) is 6.54 Å². The van der Waals surface area contributed by atoms with Crippen LogP contribution in [-0.4, -0.2) is 57.2 Å². The van der Waals surface area contributed by atoms with Crippen LogP contribution in [0.15, 0.2) is 42.5 Å². The number of hydrogen-bond acceptors (Lipinski definition) is 4. The summed E-state index contributed by atoms with van der Waals surface area (Å²) in [4.78, 5) is 16.9. The molecule has 1 aliphatic rings. The summed E-state index contributed by atoms with van der Waals surface area (Å²) in [6.45, 7) is 8.80. The summed E-state index contributed by atoms with van der Waals surface area (Å²) in [5.74, 6) is 1.08. The number of amides is 1. The molecule has 0 aliphatic carbocycles. The lowest BCUT2D eigenvalue weighted by Crippen LogP contribution is -2.51. The van der Waals surface area contributed by atoms with Gasteiger partial charge in [-0.25, -0.2) is 0 Å². The number of nitrogens with one attached hydrogen (secondary N) is 1. The lowest BCUT2D eigenvalue weighted by molar-refractivity contribution is -0.130. The van der Waals surface area contributed by atoms with E-state index in [9.17, 15) is 4.79 Å². The Labute approximate surface area is 168 Å². The highest BCUT2D eigenvalue weighted by Gasteiger charge is 2.21. The third kappa shape index (κ3) is 4.84. The molecule has 0 saturated carbocycles. The third-order valence-electron chi connectivity index (χ3n) is 5.59. The van der Waals surface area contributed by atoms with E-state index in [1.807, 2.05) is 23.1 Å². The first-order valence-corrected chi connectivity index (χ1v) is 10.0. The minimum Gasteiger partial charge on any atom is -0.496 e. The third-order valence-corrected chi connectivity index (χ3v) is 5.59. The van der Waals surface area contributed by atoms with Gasteiger partial charge in [0, 0.05) is 31.9 Å². The van der Waals surface area contributed by atoms with Crippen LogP contribution in [0.3, 0.4) is 0 Å². The average molecular weight is 382 g/mol. The first-order valence-electron chi connectivity index (χ1n) is 10.0. The van der Waals surface area contributed by atoms with Gasteiger partial charge in [0.1, 0.15) is 5.75 Å². The van der Waals surface area contributed by atoms with Crippen molar-refractivity contribution in [2.75, 3.05) is 51.3 Å². The van der Waals surface area contributed by atoms with Crippen LogP contribution in [0.5, 0.6) is 5.75 Å². The molecule has 150 valence electrons. The van der Waals surface area contributed by atoms with Crippen molar-refractivity contribution >= 4 is 11.6 Å². The maximum atomic E-state index is 12.5. The molecule has 5 heteroatoms. The standard InChI is InChI=1S/C23H31N3O2/c1-18-7-6-9-21(19(18)2)25-13-15-26(16-14-25)23(27)17-24-12-11-20-8-4-5-10-22(20)28-3/h4-10,24H,11-17H2,1-3H3. The number of benzene rings is 2. The fourth-order valence-electron chi connectivity index (χ4n) is 3.71. The number of ether oxygens (including phenoxy) is 1. The molecule has 2 aromatic carbocycles. The van der Waals surface area contributed by atoms with Crippen molar-refractivity contribution in [1.82, 2.24) is 10.2 Å². The Morgan fingerprint density at radius 2 is 1.79 bits per heavy atom. The summed E-state index contributed by atoms with van der Waals surface area (Å²) in [6.07, 6.45) is 0.845. The maximum Gasteiger partial charge on any atom is 0.236 e. The van der Waals surface area contributed by atoms with Gasteiger partial charge in [0.15, 0.2) is 0 Å². The van der Waals surface area contributed by atoms with Crippen LogP contribution in [0.4, 0.5) is 5.69 Å². The average Bonchev–Trinajstić information content (AvgIpc) is 2.73. The van der Waals surface area contributed by atoms with Crippen molar-refractivity contribution in [3.8, 4) is 5.75 Å². The van der Waals surface area contributed by atoms with E-state index in [2.05, 4.69) is 48.3 Å². The van der Waals surface area contributed by atoms with Crippen molar-refractivity contribution in [3.63, 3.8) is 0 Å². The lowest BCUT2D eigenvalue weighted by atomic mass is 10.1. The van der Waals surface area contributed by atoms with Gasteiger partial charge in [-0.15, -0.1) is 0 Å². The van der Waals surface area contributed by atoms with E-state index in [-0.39, 0.29) is 5.91 Å². The first kappa shape index (κ1) is 20.2. The van der Waals surface area contributed by atoms with E-state index >= 15 is 0 Å². The van der Waals surface area contributed by atoms with Crippen molar-refractivity contribution < 1.29 is 9.53 Å². The zero-order chi connectivity index (χ0) is 19.9. The number of hydrogen-bond donors (Lipinski definition) is 1. The number of para-hydroxylation sites is 1. The van der Waals surface area contributed by atoms with Crippen LogP contribution in [0.25, 0.3) is 0 Å². The molecule has 1 amide bonds. The van der Waals surface area contributed by atoms with Gasteiger partial charge in [-0.2, -0.15) is 0 Å². The largest absolute Gasteiger partial charge is 0.496 e. The predicted octanol–water partition coefficient (Wildman–Crippen LogP) is 2.79. The Morgan fingerprint density at radius 1 is 1.04 bits per heavy atom. The molecule has 0 radical (unpaired) electrons. The van der Waals surface area contributed by atoms with Crippen molar-refractivity contribution in [1.29, 1.82) is 0 Å². The van der Waals surface area contributed by atoms with Gasteiger partial charge in [0.05, 0.1) is 13.7 Å². The fraction of sp³-hybridized carbons (Fsp3) is 0.435. The molecule has 0 unspecified atom stereocenters. The second kappa shape index (κ2) is 9.60. The molecule has 1 N–H and O–H groups in total. The molecule has 1 saturated heterocycles. The van der Waals surface area contributed by atoms with E-state index in [0.717, 1.165) is 50.5 Å². The van der Waals surface area contributed by atoms with Crippen LogP contribution in [0, 0.1) is 13.8 Å². The van der Waals surface area contributed by atoms with E-state index in [1.54, 1.807) is 7.11 Å². The van der Waals surface area contributed by atoms with Gasteiger partial charge >= 0.3 is 0 Å². The molecule has 5 nitrogen and oxygen atoms in total. The van der Waals surface area contributed by atoms with Gasteiger partial charge in [-0.1, -0.05) is 30.3 Å². The molecule has 0 spiro atoms. The Balaban J connectivity index is 1.42. The van der Waals surface area contributed by atoms with Crippen molar-refractivity contribution in [3.05, 3.63) is 59.2 Å². The van der Waals surface area contributed by atoms with Crippen LogP contribution in [-0.2, 0) is 11.2 Å². The normalized spacial score (nSPS) is 14.2. The number of anilines is 1. The summed E-state index contributed by atoms with van der Waals surface area (Å²) in [5, 5.41) is 3.28. The number of nitrogens with zero attached hydrogens (tertiary/aromatic N) is 2. The first-order chi connectivity index (χ1) is 13.6. The summed E-state index contributed by atoms with van der Waals surface area (Å²) >= 11 is 0. The molecular formula is C23H31N3O2. The number of rotatable bonds is 7. The Morgan fingerprint density at radius 3 is 2.54 bits per heavy atom. The topological polar surface area (TPSA) is 44.8 Å². The van der Waals surface area contributed by atoms with Gasteiger partial charge in [0.25, 0.3) is 0 Å². The van der Waals surface area contributed by atoms with Crippen molar-refractivity contribution in [2.24, 2.45) is 0 Å². The van der Waals surface area contributed by atoms with E-state index < -0.39 is 0 Å². The Kier molecular flexibility index (Phi) is 6.93. The second-order valence-corrected chi connectivity index (χ2v) is 7.33. The highest BCUT2D eigenvalue weighted by Crippen LogP contribution is 2.23. The SMILES string of the molecule is COc1ccccc1CCNCC(=O)N1CCN(c2cccc(C)c2C)CC1. The zero-order valence-electron chi connectivity index (χ0n) is 17.2. The molecule has 1 fully saturated rings. The zero-order valence-corrected chi connectivity index (χ0v) is 17.2. The summed E-state index contributed by atoms with van der Waals surface area (Å²) < 4.78 is 5.37. The van der Waals surface area contributed by atoms with Crippen molar-refractivity contribution in [2.45, 2.75) is 20.3 Å². The van der Waals surface area contributed by atoms with Crippen LogP contribution < -0.4 is 15.0 Å². The minimum absolute atomic E-state index is 0.181. The smallest absolute Gasteiger partial charge is 0.236 e. The Bertz CT molecular complexity index is 798. The molecule has 0 aromatic heterocycles. The fourth-order valence-corrected chi connectivity index (χ4v) is 3.71. The number of methoxy groups -OCH3 is 1. The molecule has 1 heterocycles. The minimum atomic E-state index is 0.181. The predicted molar refractivity (Wildman–Crippen MR) is 114 cm³/mol. The van der Waals surface area contributed by atoms with E-state index in [4.69, 9.17) is 4.74 Å². The number of carbonyl (C=O) groups excluding carboxylic acids is 1. The summed E-state index contributed by atoms with van der Waals surface area (Å²) in [7, 11) is 1.69. The quantitative estimate of drug-likeness (QED) is 0.749. The van der Waals surface area contributed by atoms with Gasteiger partial charge in [0.2, 0.25) is 5.91 Å². The molecule has 28 heavy (non-hydrogen) atoms. The monoisotopic (exact) mass is 381 g/mol. The molecule has 0 atom stereocenters. The lowest BCUT2D eigenvalue weighted by Gasteiger charge is -2.37. The van der Waals surface area contributed by atoms with Gasteiger partial charge in [-0.3, -0.25) is 4.79 Å². The van der Waals surface area contributed by atoms with Gasteiger partial charge in [-0.05, 0) is 55.6 Å². The van der Waals surface area contributed by atoms with Crippen LogP contribution in [0.1, 0.15) is 16.7 Å². The van der Waals surface area contributed by atoms with Crippen LogP contribution >= 0.6 is 0 Å². The molecule has 0 bridgehead atoms. The summed E-state index contributed by atoms with van der Waals surface area (Å²) in [6, 6.07) is 14.5. The molecule has 3 rings (SSSR count). The Hall–Kier alpha value is -2.53. The highest BCUT2D eigenvalue weighted by atomic mass is 16.5.